The van der Waals surface area contributed by atoms with E-state index in [1.807, 2.05) is 0 Å². The summed E-state index contributed by atoms with van der Waals surface area (Å²) in [6.45, 7) is 0. The second-order valence-electron chi connectivity index (χ2n) is 4.62. The molecule has 3 aromatic rings. The summed E-state index contributed by atoms with van der Waals surface area (Å²) in [7, 11) is -3.84. The standard InChI is InChI=1S/C15H10Cl2N2O3S/c16-11-3-6-13(17)15(7-11)23(20,21)19-12-4-1-10(2-5-12)14-8-18-9-22-14/h1-9,19H. The highest BCUT2D eigenvalue weighted by Crippen LogP contribution is 2.27. The normalized spacial score (nSPS) is 11.4. The zero-order valence-electron chi connectivity index (χ0n) is 11.5. The van der Waals surface area contributed by atoms with Crippen LogP contribution >= 0.6 is 23.2 Å². The van der Waals surface area contributed by atoms with E-state index in [4.69, 9.17) is 27.6 Å². The summed E-state index contributed by atoms with van der Waals surface area (Å²) in [5, 5.41) is 0.385. The van der Waals surface area contributed by atoms with Gasteiger partial charge in [-0.1, -0.05) is 23.2 Å². The van der Waals surface area contributed by atoms with E-state index >= 15 is 0 Å². The molecule has 0 atom stereocenters. The van der Waals surface area contributed by atoms with Crippen LogP contribution in [0.1, 0.15) is 0 Å². The van der Waals surface area contributed by atoms with E-state index in [2.05, 4.69) is 9.71 Å². The van der Waals surface area contributed by atoms with E-state index in [0.717, 1.165) is 5.56 Å². The molecule has 0 radical (unpaired) electrons. The Morgan fingerprint density at radius 2 is 1.78 bits per heavy atom. The number of halogens is 2. The van der Waals surface area contributed by atoms with Crippen LogP contribution in [-0.4, -0.2) is 13.4 Å². The summed E-state index contributed by atoms with van der Waals surface area (Å²) in [6.07, 6.45) is 2.90. The van der Waals surface area contributed by atoms with Crippen LogP contribution in [0, 0.1) is 0 Å². The summed E-state index contributed by atoms with van der Waals surface area (Å²) in [5.41, 5.74) is 1.18. The Labute approximate surface area is 142 Å². The second-order valence-corrected chi connectivity index (χ2v) is 7.12. The smallest absolute Gasteiger partial charge is 0.263 e. The van der Waals surface area contributed by atoms with Gasteiger partial charge in [0.25, 0.3) is 10.0 Å². The average molecular weight is 369 g/mol. The molecule has 0 spiro atoms. The molecule has 0 aliphatic carbocycles. The molecular weight excluding hydrogens is 359 g/mol. The number of oxazole rings is 1. The van der Waals surface area contributed by atoms with Gasteiger partial charge in [0.2, 0.25) is 0 Å². The Morgan fingerprint density at radius 1 is 1.04 bits per heavy atom. The molecule has 1 heterocycles. The van der Waals surface area contributed by atoms with E-state index in [0.29, 0.717) is 11.4 Å². The SMILES string of the molecule is O=S(=O)(Nc1ccc(-c2cnco2)cc1)c1cc(Cl)ccc1Cl. The van der Waals surface area contributed by atoms with Crippen molar-refractivity contribution in [2.75, 3.05) is 4.72 Å². The van der Waals surface area contributed by atoms with Gasteiger partial charge in [0, 0.05) is 16.3 Å². The van der Waals surface area contributed by atoms with E-state index in [1.165, 1.54) is 24.6 Å². The number of aromatic nitrogens is 1. The van der Waals surface area contributed by atoms with Gasteiger partial charge >= 0.3 is 0 Å². The Hall–Kier alpha value is -2.02. The summed E-state index contributed by atoms with van der Waals surface area (Å²) in [4.78, 5) is 3.75. The Morgan fingerprint density at radius 3 is 2.43 bits per heavy atom. The first-order valence-electron chi connectivity index (χ1n) is 6.42. The number of anilines is 1. The fourth-order valence-electron chi connectivity index (χ4n) is 1.95. The van der Waals surface area contributed by atoms with Gasteiger partial charge in [-0.3, -0.25) is 4.72 Å². The van der Waals surface area contributed by atoms with Crippen molar-refractivity contribution in [3.8, 4) is 11.3 Å². The lowest BCUT2D eigenvalue weighted by atomic mass is 10.2. The molecular formula is C15H10Cl2N2O3S. The number of nitrogens with zero attached hydrogens (tertiary/aromatic N) is 1. The van der Waals surface area contributed by atoms with Crippen molar-refractivity contribution in [1.82, 2.24) is 4.98 Å². The minimum absolute atomic E-state index is 0.0778. The number of hydrogen-bond donors (Lipinski definition) is 1. The van der Waals surface area contributed by atoms with E-state index in [9.17, 15) is 8.42 Å². The lowest BCUT2D eigenvalue weighted by Crippen LogP contribution is -2.13. The van der Waals surface area contributed by atoms with Crippen LogP contribution in [0.3, 0.4) is 0 Å². The summed E-state index contributed by atoms with van der Waals surface area (Å²) >= 11 is 11.8. The third-order valence-corrected chi connectivity index (χ3v) is 5.13. The van der Waals surface area contributed by atoms with Crippen molar-refractivity contribution in [2.24, 2.45) is 0 Å². The topological polar surface area (TPSA) is 72.2 Å². The van der Waals surface area contributed by atoms with Crippen LogP contribution in [0.15, 0.2) is 64.4 Å². The maximum atomic E-state index is 12.4. The minimum atomic E-state index is -3.84. The Balaban J connectivity index is 1.87. The van der Waals surface area contributed by atoms with Crippen LogP contribution in [0.2, 0.25) is 10.0 Å². The highest BCUT2D eigenvalue weighted by Gasteiger charge is 2.18. The van der Waals surface area contributed by atoms with E-state index < -0.39 is 10.0 Å². The molecule has 0 saturated carbocycles. The van der Waals surface area contributed by atoms with E-state index in [1.54, 1.807) is 30.5 Å². The number of nitrogens with one attached hydrogen (secondary N) is 1. The first kappa shape index (κ1) is 15.9. The molecule has 1 aromatic heterocycles. The molecule has 0 aliphatic rings. The molecule has 2 aromatic carbocycles. The van der Waals surface area contributed by atoms with Gasteiger partial charge in [0.1, 0.15) is 4.90 Å². The Kier molecular flexibility index (Phi) is 4.30. The zero-order chi connectivity index (χ0) is 16.4. The Bertz CT molecular complexity index is 924. The highest BCUT2D eigenvalue weighted by atomic mass is 35.5. The molecule has 0 saturated heterocycles. The van der Waals surface area contributed by atoms with Crippen molar-refractivity contribution in [2.45, 2.75) is 4.90 Å². The van der Waals surface area contributed by atoms with Crippen molar-refractivity contribution in [3.63, 3.8) is 0 Å². The summed E-state index contributed by atoms with van der Waals surface area (Å²) < 4.78 is 32.4. The van der Waals surface area contributed by atoms with Crippen molar-refractivity contribution < 1.29 is 12.8 Å². The van der Waals surface area contributed by atoms with Crippen LogP contribution in [0.25, 0.3) is 11.3 Å². The number of rotatable bonds is 4. The maximum Gasteiger partial charge on any atom is 0.263 e. The molecule has 23 heavy (non-hydrogen) atoms. The third-order valence-electron chi connectivity index (χ3n) is 3.04. The molecule has 0 fully saturated rings. The van der Waals surface area contributed by atoms with Gasteiger partial charge < -0.3 is 4.42 Å². The van der Waals surface area contributed by atoms with Gasteiger partial charge in [-0.05, 0) is 42.5 Å². The van der Waals surface area contributed by atoms with Crippen molar-refractivity contribution >= 4 is 38.9 Å². The van der Waals surface area contributed by atoms with Gasteiger partial charge in [0.05, 0.1) is 11.2 Å². The van der Waals surface area contributed by atoms with Gasteiger partial charge in [-0.2, -0.15) is 0 Å². The molecule has 5 nitrogen and oxygen atoms in total. The van der Waals surface area contributed by atoms with Gasteiger partial charge in [0.15, 0.2) is 12.2 Å². The molecule has 1 N–H and O–H groups in total. The second kappa shape index (κ2) is 6.23. The molecule has 3 rings (SSSR count). The largest absolute Gasteiger partial charge is 0.444 e. The minimum Gasteiger partial charge on any atom is -0.444 e. The molecule has 0 aliphatic heterocycles. The maximum absolute atomic E-state index is 12.4. The first-order valence-corrected chi connectivity index (χ1v) is 8.66. The highest BCUT2D eigenvalue weighted by molar-refractivity contribution is 7.92. The molecule has 0 amide bonds. The molecule has 0 unspecified atom stereocenters. The van der Waals surface area contributed by atoms with Crippen LogP contribution < -0.4 is 4.72 Å². The lowest BCUT2D eigenvalue weighted by Gasteiger charge is -2.10. The number of sulfonamides is 1. The van der Waals surface area contributed by atoms with Crippen LogP contribution in [-0.2, 0) is 10.0 Å². The predicted octanol–water partition coefficient (Wildman–Crippen LogP) is 4.45. The van der Waals surface area contributed by atoms with E-state index in [-0.39, 0.29) is 14.9 Å². The molecule has 118 valence electrons. The third kappa shape index (κ3) is 3.50. The predicted molar refractivity (Wildman–Crippen MR) is 89.2 cm³/mol. The quantitative estimate of drug-likeness (QED) is 0.738. The van der Waals surface area contributed by atoms with Crippen molar-refractivity contribution in [3.05, 3.63) is 65.1 Å². The van der Waals surface area contributed by atoms with Crippen LogP contribution in [0.4, 0.5) is 5.69 Å². The first-order chi connectivity index (χ1) is 11.0. The number of hydrogen-bond acceptors (Lipinski definition) is 4. The van der Waals surface area contributed by atoms with Crippen LogP contribution in [0.5, 0.6) is 0 Å². The number of benzene rings is 2. The fourth-order valence-corrected chi connectivity index (χ4v) is 3.78. The summed E-state index contributed by atoms with van der Waals surface area (Å²) in [6, 6.07) is 10.9. The van der Waals surface area contributed by atoms with Crippen molar-refractivity contribution in [1.29, 1.82) is 0 Å². The zero-order valence-corrected chi connectivity index (χ0v) is 13.9. The summed E-state index contributed by atoms with van der Waals surface area (Å²) in [5.74, 6) is 0.595. The lowest BCUT2D eigenvalue weighted by molar-refractivity contribution is 0.572. The average Bonchev–Trinajstić information content (AvgIpc) is 3.04. The van der Waals surface area contributed by atoms with Gasteiger partial charge in [-0.15, -0.1) is 0 Å². The fraction of sp³-hybridized carbons (Fsp3) is 0. The monoisotopic (exact) mass is 368 g/mol. The van der Waals surface area contributed by atoms with Gasteiger partial charge in [-0.25, -0.2) is 13.4 Å². The molecule has 8 heteroatoms. The molecule has 0 bridgehead atoms.